The van der Waals surface area contributed by atoms with E-state index in [9.17, 15) is 15.0 Å². The topological polar surface area (TPSA) is 73.7 Å². The number of hydrogen-bond donors (Lipinski definition) is 2. The number of aromatic nitrogens is 1. The minimum Gasteiger partial charge on any atom is -0.478 e. The average molecular weight is 290 g/mol. The van der Waals surface area contributed by atoms with Crippen molar-refractivity contribution < 1.29 is 15.0 Å². The van der Waals surface area contributed by atoms with Gasteiger partial charge in [-0.05, 0) is 44.7 Å². The molecule has 2 heterocycles. The van der Waals surface area contributed by atoms with Gasteiger partial charge in [0.1, 0.15) is 11.4 Å². The highest BCUT2D eigenvalue weighted by molar-refractivity contribution is 5.93. The predicted octanol–water partition coefficient (Wildman–Crippen LogP) is 2.22. The smallest absolute Gasteiger partial charge is 0.339 e. The van der Waals surface area contributed by atoms with Gasteiger partial charge in [-0.3, -0.25) is 0 Å². The standard InChI is InChI=1S/C16H22N2O3/c1-11-5-6-12(15(20)21)14(17-11)18-9-3-8-16(10-18)7-2-4-13(16)19/h5-6,13,19H,2-4,7-10H2,1H3,(H,20,21)/t13-,16-/m1/s1. The monoisotopic (exact) mass is 290 g/mol. The van der Waals surface area contributed by atoms with Crippen LogP contribution in [0, 0.1) is 12.3 Å². The number of piperidine rings is 1. The fraction of sp³-hybridized carbons (Fsp3) is 0.625. The van der Waals surface area contributed by atoms with E-state index < -0.39 is 5.97 Å². The first kappa shape index (κ1) is 14.3. The number of aliphatic hydroxyl groups excluding tert-OH is 1. The molecular weight excluding hydrogens is 268 g/mol. The minimum atomic E-state index is -0.941. The Kier molecular flexibility index (Phi) is 3.61. The number of aliphatic hydroxyl groups is 1. The Balaban J connectivity index is 1.93. The summed E-state index contributed by atoms with van der Waals surface area (Å²) in [6, 6.07) is 3.36. The van der Waals surface area contributed by atoms with Crippen molar-refractivity contribution in [2.75, 3.05) is 18.0 Å². The van der Waals surface area contributed by atoms with Crippen LogP contribution in [-0.4, -0.2) is 40.4 Å². The molecule has 2 atom stereocenters. The van der Waals surface area contributed by atoms with E-state index in [1.54, 1.807) is 12.1 Å². The van der Waals surface area contributed by atoms with Crippen molar-refractivity contribution in [2.45, 2.75) is 45.1 Å². The lowest BCUT2D eigenvalue weighted by Crippen LogP contribution is -2.48. The normalized spacial score (nSPS) is 29.0. The molecule has 114 valence electrons. The number of carbonyl (C=O) groups is 1. The highest BCUT2D eigenvalue weighted by atomic mass is 16.4. The Labute approximate surface area is 124 Å². The Hall–Kier alpha value is -1.62. The van der Waals surface area contributed by atoms with Crippen molar-refractivity contribution in [3.8, 4) is 0 Å². The molecule has 5 heteroatoms. The zero-order chi connectivity index (χ0) is 15.0. The molecule has 1 aliphatic heterocycles. The van der Waals surface area contributed by atoms with Gasteiger partial charge in [0.15, 0.2) is 0 Å². The van der Waals surface area contributed by atoms with Crippen molar-refractivity contribution in [3.05, 3.63) is 23.4 Å². The van der Waals surface area contributed by atoms with Crippen LogP contribution in [0.4, 0.5) is 5.82 Å². The summed E-state index contributed by atoms with van der Waals surface area (Å²) in [5, 5.41) is 19.7. The number of rotatable bonds is 2. The average Bonchev–Trinajstić information content (AvgIpc) is 2.79. The van der Waals surface area contributed by atoms with E-state index in [1.165, 1.54) is 0 Å². The van der Waals surface area contributed by atoms with Crippen LogP contribution in [0.5, 0.6) is 0 Å². The van der Waals surface area contributed by atoms with E-state index in [0.717, 1.165) is 44.3 Å². The first-order valence-corrected chi connectivity index (χ1v) is 7.66. The van der Waals surface area contributed by atoms with E-state index in [2.05, 4.69) is 9.88 Å². The molecule has 5 nitrogen and oxygen atoms in total. The number of carboxylic acids is 1. The van der Waals surface area contributed by atoms with E-state index in [4.69, 9.17) is 0 Å². The predicted molar refractivity (Wildman–Crippen MR) is 79.7 cm³/mol. The molecule has 2 fully saturated rings. The molecule has 1 aromatic heterocycles. The summed E-state index contributed by atoms with van der Waals surface area (Å²) < 4.78 is 0. The van der Waals surface area contributed by atoms with Crippen molar-refractivity contribution in [2.24, 2.45) is 5.41 Å². The molecular formula is C16H22N2O3. The lowest BCUT2D eigenvalue weighted by molar-refractivity contribution is 0.0407. The molecule has 1 aromatic rings. The van der Waals surface area contributed by atoms with Crippen molar-refractivity contribution in [3.63, 3.8) is 0 Å². The number of aryl methyl sites for hydroxylation is 1. The second kappa shape index (κ2) is 5.30. The van der Waals surface area contributed by atoms with E-state index in [1.807, 2.05) is 6.92 Å². The zero-order valence-electron chi connectivity index (χ0n) is 12.4. The van der Waals surface area contributed by atoms with E-state index >= 15 is 0 Å². The maximum atomic E-state index is 11.4. The van der Waals surface area contributed by atoms with Gasteiger partial charge in [-0.1, -0.05) is 6.42 Å². The van der Waals surface area contributed by atoms with E-state index in [0.29, 0.717) is 12.4 Å². The first-order valence-electron chi connectivity index (χ1n) is 7.66. The number of nitrogens with zero attached hydrogens (tertiary/aromatic N) is 2. The first-order chi connectivity index (χ1) is 10.0. The van der Waals surface area contributed by atoms with Crippen LogP contribution < -0.4 is 4.90 Å². The summed E-state index contributed by atoms with van der Waals surface area (Å²) >= 11 is 0. The number of pyridine rings is 1. The van der Waals surface area contributed by atoms with Crippen LogP contribution in [-0.2, 0) is 0 Å². The highest BCUT2D eigenvalue weighted by Crippen LogP contribution is 2.45. The largest absolute Gasteiger partial charge is 0.478 e. The van der Waals surface area contributed by atoms with Crippen molar-refractivity contribution in [1.82, 2.24) is 4.98 Å². The molecule has 0 unspecified atom stereocenters. The van der Waals surface area contributed by atoms with Crippen molar-refractivity contribution >= 4 is 11.8 Å². The second-order valence-corrected chi connectivity index (χ2v) is 6.42. The molecule has 1 saturated heterocycles. The van der Waals surface area contributed by atoms with Gasteiger partial charge in [-0.25, -0.2) is 9.78 Å². The molecule has 0 radical (unpaired) electrons. The minimum absolute atomic E-state index is 0.0700. The molecule has 1 spiro atoms. The lowest BCUT2D eigenvalue weighted by Gasteiger charge is -2.43. The van der Waals surface area contributed by atoms with Gasteiger partial charge < -0.3 is 15.1 Å². The molecule has 0 bridgehead atoms. The van der Waals surface area contributed by atoms with Crippen LogP contribution in [0.15, 0.2) is 12.1 Å². The van der Waals surface area contributed by atoms with Gasteiger partial charge >= 0.3 is 5.97 Å². The fourth-order valence-corrected chi connectivity index (χ4v) is 3.89. The molecule has 0 amide bonds. The van der Waals surface area contributed by atoms with Gasteiger partial charge in [-0.2, -0.15) is 0 Å². The maximum absolute atomic E-state index is 11.4. The Morgan fingerprint density at radius 3 is 2.81 bits per heavy atom. The third kappa shape index (κ3) is 2.50. The van der Waals surface area contributed by atoms with Crippen LogP contribution in [0.25, 0.3) is 0 Å². The summed E-state index contributed by atoms with van der Waals surface area (Å²) in [5.74, 6) is -0.384. The van der Waals surface area contributed by atoms with Crippen LogP contribution in [0.2, 0.25) is 0 Å². The van der Waals surface area contributed by atoms with Gasteiger partial charge in [-0.15, -0.1) is 0 Å². The molecule has 1 saturated carbocycles. The summed E-state index contributed by atoms with van der Waals surface area (Å²) in [4.78, 5) is 18.0. The fourth-order valence-electron chi connectivity index (χ4n) is 3.89. The quantitative estimate of drug-likeness (QED) is 0.873. The Morgan fingerprint density at radius 1 is 1.38 bits per heavy atom. The zero-order valence-corrected chi connectivity index (χ0v) is 12.4. The Bertz CT molecular complexity index is 560. The summed E-state index contributed by atoms with van der Waals surface area (Å²) in [6.45, 7) is 3.40. The van der Waals surface area contributed by atoms with E-state index in [-0.39, 0.29) is 17.1 Å². The molecule has 2 N–H and O–H groups in total. The number of carboxylic acid groups (broad SMARTS) is 1. The van der Waals surface area contributed by atoms with Crippen LogP contribution >= 0.6 is 0 Å². The SMILES string of the molecule is Cc1ccc(C(=O)O)c(N2CCC[C@]3(CCC[C@H]3O)C2)n1. The van der Waals surface area contributed by atoms with Crippen LogP contribution in [0.1, 0.15) is 48.2 Å². The number of aromatic carboxylic acids is 1. The highest BCUT2D eigenvalue weighted by Gasteiger charge is 2.45. The third-order valence-corrected chi connectivity index (χ3v) is 5.01. The number of hydrogen-bond acceptors (Lipinski definition) is 4. The van der Waals surface area contributed by atoms with Gasteiger partial charge in [0.05, 0.1) is 6.10 Å². The summed E-state index contributed by atoms with van der Waals surface area (Å²) in [7, 11) is 0. The Morgan fingerprint density at radius 2 is 2.14 bits per heavy atom. The maximum Gasteiger partial charge on any atom is 0.339 e. The molecule has 21 heavy (non-hydrogen) atoms. The molecule has 0 aromatic carbocycles. The van der Waals surface area contributed by atoms with Gasteiger partial charge in [0.25, 0.3) is 0 Å². The lowest BCUT2D eigenvalue weighted by atomic mass is 9.76. The number of anilines is 1. The van der Waals surface area contributed by atoms with Gasteiger partial charge in [0.2, 0.25) is 0 Å². The van der Waals surface area contributed by atoms with Gasteiger partial charge in [0, 0.05) is 24.2 Å². The molecule has 1 aliphatic carbocycles. The third-order valence-electron chi connectivity index (χ3n) is 5.01. The summed E-state index contributed by atoms with van der Waals surface area (Å²) in [6.07, 6.45) is 4.69. The summed E-state index contributed by atoms with van der Waals surface area (Å²) in [5.41, 5.74) is 1.01. The molecule has 2 aliphatic rings. The van der Waals surface area contributed by atoms with Crippen molar-refractivity contribution in [1.29, 1.82) is 0 Å². The molecule has 3 rings (SSSR count). The second-order valence-electron chi connectivity index (χ2n) is 6.42. The van der Waals surface area contributed by atoms with Crippen LogP contribution in [0.3, 0.4) is 0 Å².